The molecule has 2 aromatic rings. The summed E-state index contributed by atoms with van der Waals surface area (Å²) in [6.45, 7) is 6.07. The highest BCUT2D eigenvalue weighted by Gasteiger charge is 2.17. The van der Waals surface area contributed by atoms with E-state index >= 15 is 0 Å². The van der Waals surface area contributed by atoms with Gasteiger partial charge in [0, 0.05) is 30.1 Å². The number of hydrogen-bond acceptors (Lipinski definition) is 6. The van der Waals surface area contributed by atoms with Crippen LogP contribution in [0.1, 0.15) is 42.6 Å². The number of benzene rings is 2. The Morgan fingerprint density at radius 1 is 0.900 bits per heavy atom. The van der Waals surface area contributed by atoms with E-state index in [1.165, 1.54) is 0 Å². The zero-order valence-electron chi connectivity index (χ0n) is 17.2. The van der Waals surface area contributed by atoms with E-state index in [4.69, 9.17) is 9.47 Å². The second kappa shape index (κ2) is 10.8. The Morgan fingerprint density at radius 3 is 2.00 bits per heavy atom. The first-order chi connectivity index (χ1) is 14.3. The van der Waals surface area contributed by atoms with Crippen molar-refractivity contribution in [2.24, 2.45) is 0 Å². The maximum absolute atomic E-state index is 12.7. The molecule has 8 nitrogen and oxygen atoms in total. The number of carboxylic acid groups (broad SMARTS) is 1. The average molecular weight is 413 g/mol. The van der Waals surface area contributed by atoms with Gasteiger partial charge in [-0.3, -0.25) is 9.59 Å². The minimum atomic E-state index is -1.31. The monoisotopic (exact) mass is 413 g/mol. The lowest BCUT2D eigenvalue weighted by molar-refractivity contribution is -0.305. The van der Waals surface area contributed by atoms with Gasteiger partial charge in [-0.15, -0.1) is 0 Å². The average Bonchev–Trinajstić information content (AvgIpc) is 2.70. The minimum Gasteiger partial charge on any atom is -0.550 e. The van der Waals surface area contributed by atoms with Crippen LogP contribution in [0.2, 0.25) is 0 Å². The topological polar surface area (TPSA) is 117 Å². The first-order valence-electron chi connectivity index (χ1n) is 9.66. The van der Waals surface area contributed by atoms with Crippen molar-refractivity contribution in [1.82, 2.24) is 0 Å². The third-order valence-corrected chi connectivity index (χ3v) is 4.15. The van der Waals surface area contributed by atoms with Crippen molar-refractivity contribution < 1.29 is 29.0 Å². The second-order valence-electron chi connectivity index (χ2n) is 6.40. The van der Waals surface area contributed by atoms with E-state index in [0.29, 0.717) is 41.7 Å². The predicted molar refractivity (Wildman–Crippen MR) is 111 cm³/mol. The summed E-state index contributed by atoms with van der Waals surface area (Å²) in [6.07, 6.45) is -0.623. The van der Waals surface area contributed by atoms with E-state index in [-0.39, 0.29) is 12.3 Å². The largest absolute Gasteiger partial charge is 0.550 e. The quantitative estimate of drug-likeness (QED) is 0.618. The van der Waals surface area contributed by atoms with Gasteiger partial charge < -0.3 is 30.0 Å². The number of amides is 2. The van der Waals surface area contributed by atoms with Crippen molar-refractivity contribution in [3.05, 3.63) is 47.5 Å². The van der Waals surface area contributed by atoms with E-state index in [0.717, 1.165) is 5.56 Å². The molecular weight excluding hydrogens is 388 g/mol. The van der Waals surface area contributed by atoms with Crippen LogP contribution >= 0.6 is 0 Å². The second-order valence-corrected chi connectivity index (χ2v) is 6.40. The molecule has 0 radical (unpaired) electrons. The molecule has 0 aliphatic rings. The van der Waals surface area contributed by atoms with E-state index in [1.54, 1.807) is 38.1 Å². The van der Waals surface area contributed by atoms with Crippen LogP contribution in [0, 0.1) is 6.92 Å². The molecule has 30 heavy (non-hydrogen) atoms. The summed E-state index contributed by atoms with van der Waals surface area (Å²) in [7, 11) is 0. The number of rotatable bonds is 10. The Bertz CT molecular complexity index is 926. The SMILES string of the molecule is CCOc1cc(NC(=O)c2ccccc2C)c(OCC)cc1NC(=O)CCC(=O)[O-]. The van der Waals surface area contributed by atoms with Crippen molar-refractivity contribution in [1.29, 1.82) is 0 Å². The molecular formula is C22H25N2O6-. The van der Waals surface area contributed by atoms with Crippen molar-refractivity contribution in [2.75, 3.05) is 23.8 Å². The Morgan fingerprint density at radius 2 is 1.47 bits per heavy atom. The molecule has 160 valence electrons. The van der Waals surface area contributed by atoms with E-state index in [9.17, 15) is 19.5 Å². The van der Waals surface area contributed by atoms with Crippen molar-refractivity contribution >= 4 is 29.2 Å². The number of carboxylic acids is 1. The zero-order chi connectivity index (χ0) is 22.1. The summed E-state index contributed by atoms with van der Waals surface area (Å²) in [6, 6.07) is 10.3. The lowest BCUT2D eigenvalue weighted by Crippen LogP contribution is -2.24. The third kappa shape index (κ3) is 6.23. The number of aliphatic carboxylic acids is 1. The maximum Gasteiger partial charge on any atom is 0.256 e. The molecule has 2 amide bonds. The van der Waals surface area contributed by atoms with Crippen molar-refractivity contribution in [3.63, 3.8) is 0 Å². The van der Waals surface area contributed by atoms with Gasteiger partial charge in [-0.1, -0.05) is 18.2 Å². The van der Waals surface area contributed by atoms with Crippen LogP contribution < -0.4 is 25.2 Å². The first-order valence-corrected chi connectivity index (χ1v) is 9.66. The van der Waals surface area contributed by atoms with E-state index < -0.39 is 18.3 Å². The summed E-state index contributed by atoms with van der Waals surface area (Å²) in [5, 5.41) is 16.0. The van der Waals surface area contributed by atoms with Gasteiger partial charge in [0.05, 0.1) is 24.6 Å². The number of aryl methyl sites for hydroxylation is 1. The summed E-state index contributed by atoms with van der Waals surface area (Å²) >= 11 is 0. The fourth-order valence-corrected chi connectivity index (χ4v) is 2.75. The number of nitrogens with one attached hydrogen (secondary N) is 2. The third-order valence-electron chi connectivity index (χ3n) is 4.15. The van der Waals surface area contributed by atoms with Crippen LogP contribution in [0.5, 0.6) is 11.5 Å². The van der Waals surface area contributed by atoms with Gasteiger partial charge in [0.25, 0.3) is 5.91 Å². The van der Waals surface area contributed by atoms with Gasteiger partial charge in [0.15, 0.2) is 0 Å². The zero-order valence-corrected chi connectivity index (χ0v) is 17.2. The molecule has 2 aromatic carbocycles. The molecule has 0 aliphatic heterocycles. The molecule has 0 saturated carbocycles. The maximum atomic E-state index is 12.7. The number of carbonyl (C=O) groups excluding carboxylic acids is 3. The minimum absolute atomic E-state index is 0.233. The molecule has 0 aliphatic carbocycles. The normalized spacial score (nSPS) is 10.2. The summed E-state index contributed by atoms with van der Waals surface area (Å²) in [5.74, 6) is -1.44. The van der Waals surface area contributed by atoms with Crippen LogP contribution in [0.4, 0.5) is 11.4 Å². The lowest BCUT2D eigenvalue weighted by atomic mass is 10.1. The number of hydrogen-bond donors (Lipinski definition) is 2. The highest BCUT2D eigenvalue weighted by molar-refractivity contribution is 6.06. The molecule has 8 heteroatoms. The summed E-state index contributed by atoms with van der Waals surface area (Å²) < 4.78 is 11.2. The Hall–Kier alpha value is -3.55. The van der Waals surface area contributed by atoms with Crippen molar-refractivity contribution in [3.8, 4) is 11.5 Å². The molecule has 0 spiro atoms. The number of ether oxygens (including phenoxy) is 2. The summed E-state index contributed by atoms with van der Waals surface area (Å²) in [4.78, 5) is 35.4. The Labute approximate surface area is 175 Å². The molecule has 2 N–H and O–H groups in total. The highest BCUT2D eigenvalue weighted by atomic mass is 16.5. The Kier molecular flexibility index (Phi) is 8.22. The van der Waals surface area contributed by atoms with Crippen LogP contribution in [0.25, 0.3) is 0 Å². The molecule has 0 heterocycles. The lowest BCUT2D eigenvalue weighted by Gasteiger charge is -2.18. The van der Waals surface area contributed by atoms with Gasteiger partial charge in [0.1, 0.15) is 11.5 Å². The highest BCUT2D eigenvalue weighted by Crippen LogP contribution is 2.37. The molecule has 0 aromatic heterocycles. The Balaban J connectivity index is 2.34. The standard InChI is InChI=1S/C22H26N2O6/c1-4-29-18-13-17(24-22(28)15-9-7-6-8-14(15)3)19(30-5-2)12-16(18)23-20(25)10-11-21(26)27/h6-9,12-13H,4-5,10-11H2,1-3H3,(H,23,25)(H,24,28)(H,26,27)/p-1. The van der Waals surface area contributed by atoms with Crippen LogP contribution in [-0.2, 0) is 9.59 Å². The van der Waals surface area contributed by atoms with Crippen LogP contribution in [-0.4, -0.2) is 31.0 Å². The number of carbonyl (C=O) groups is 3. The fourth-order valence-electron chi connectivity index (χ4n) is 2.75. The summed E-state index contributed by atoms with van der Waals surface area (Å²) in [5.41, 5.74) is 2.06. The van der Waals surface area contributed by atoms with Gasteiger partial charge in [-0.2, -0.15) is 0 Å². The molecule has 0 fully saturated rings. The van der Waals surface area contributed by atoms with E-state index in [2.05, 4.69) is 10.6 Å². The van der Waals surface area contributed by atoms with Gasteiger partial charge >= 0.3 is 0 Å². The molecule has 0 bridgehead atoms. The first kappa shape index (κ1) is 22.7. The fraction of sp³-hybridized carbons (Fsp3) is 0.318. The number of anilines is 2. The van der Waals surface area contributed by atoms with Gasteiger partial charge in [-0.05, 0) is 38.8 Å². The van der Waals surface area contributed by atoms with Crippen LogP contribution in [0.15, 0.2) is 36.4 Å². The molecule has 0 unspecified atom stereocenters. The molecule has 2 rings (SSSR count). The molecule has 0 atom stereocenters. The van der Waals surface area contributed by atoms with Crippen molar-refractivity contribution in [2.45, 2.75) is 33.6 Å². The van der Waals surface area contributed by atoms with Crippen LogP contribution in [0.3, 0.4) is 0 Å². The van der Waals surface area contributed by atoms with E-state index in [1.807, 2.05) is 19.1 Å². The van der Waals surface area contributed by atoms with Gasteiger partial charge in [0.2, 0.25) is 5.91 Å². The predicted octanol–water partition coefficient (Wildman–Crippen LogP) is 2.51. The smallest absolute Gasteiger partial charge is 0.256 e. The molecule has 0 saturated heterocycles. The van der Waals surface area contributed by atoms with Gasteiger partial charge in [-0.25, -0.2) is 0 Å².